The molecule has 7 nitrogen and oxygen atoms in total. The highest BCUT2D eigenvalue weighted by molar-refractivity contribution is 7.88. The first-order chi connectivity index (χ1) is 17.5. The number of likely N-dealkylation sites (N-methyl/N-ethyl adjacent to an activating group) is 1. The van der Waals surface area contributed by atoms with E-state index >= 15 is 0 Å². The van der Waals surface area contributed by atoms with Gasteiger partial charge in [0.1, 0.15) is 6.04 Å². The van der Waals surface area contributed by atoms with Gasteiger partial charge in [0.15, 0.2) is 0 Å². The van der Waals surface area contributed by atoms with Crippen molar-refractivity contribution in [3.8, 4) is 0 Å². The van der Waals surface area contributed by atoms with E-state index in [1.165, 1.54) is 11.9 Å². The predicted molar refractivity (Wildman–Crippen MR) is 147 cm³/mol. The number of halogens is 3. The lowest BCUT2D eigenvalue weighted by Gasteiger charge is -2.32. The molecule has 0 spiro atoms. The van der Waals surface area contributed by atoms with Crippen LogP contribution in [0.3, 0.4) is 0 Å². The molecular formula is C26H26Cl3N3O4S. The van der Waals surface area contributed by atoms with E-state index in [1.54, 1.807) is 72.8 Å². The maximum Gasteiger partial charge on any atom is 0.247 e. The van der Waals surface area contributed by atoms with Crippen molar-refractivity contribution in [2.45, 2.75) is 19.1 Å². The molecule has 2 amide bonds. The molecule has 0 heterocycles. The van der Waals surface area contributed by atoms with E-state index in [-0.39, 0.29) is 13.1 Å². The van der Waals surface area contributed by atoms with Gasteiger partial charge in [0.2, 0.25) is 21.8 Å². The van der Waals surface area contributed by atoms with Crippen LogP contribution >= 0.6 is 34.8 Å². The summed E-state index contributed by atoms with van der Waals surface area (Å²) in [6.07, 6.45) is 1.01. The van der Waals surface area contributed by atoms with Crippen LogP contribution in [-0.2, 0) is 32.7 Å². The minimum atomic E-state index is -3.63. The van der Waals surface area contributed by atoms with Gasteiger partial charge in [-0.25, -0.2) is 8.42 Å². The summed E-state index contributed by atoms with van der Waals surface area (Å²) >= 11 is 18.3. The Kier molecular flexibility index (Phi) is 9.98. The van der Waals surface area contributed by atoms with Gasteiger partial charge in [-0.2, -0.15) is 4.31 Å². The molecule has 0 radical (unpaired) electrons. The van der Waals surface area contributed by atoms with Crippen LogP contribution in [0.5, 0.6) is 0 Å². The van der Waals surface area contributed by atoms with E-state index in [0.717, 1.165) is 10.6 Å². The lowest BCUT2D eigenvalue weighted by molar-refractivity contribution is -0.141. The first-order valence-electron chi connectivity index (χ1n) is 11.2. The molecule has 0 unspecified atom stereocenters. The Balaban J connectivity index is 1.98. The standard InChI is InChI=1S/C26H26Cl3N3O4S/c1-31(37(2,35)36)17-24(33)32(16-18-8-11-21(27)12-9-18)25(19-6-4-3-5-7-19)26(34)30-15-20-10-13-22(28)14-23(20)29/h3-14,25H,15-17H2,1-2H3,(H,30,34)/t25-/m0/s1. The summed E-state index contributed by atoms with van der Waals surface area (Å²) in [5, 5.41) is 4.25. The molecular weight excluding hydrogens is 557 g/mol. The van der Waals surface area contributed by atoms with Crippen molar-refractivity contribution < 1.29 is 18.0 Å². The van der Waals surface area contributed by atoms with Gasteiger partial charge in [-0.15, -0.1) is 0 Å². The highest BCUT2D eigenvalue weighted by atomic mass is 35.5. The van der Waals surface area contributed by atoms with Gasteiger partial charge in [0, 0.05) is 35.2 Å². The van der Waals surface area contributed by atoms with E-state index in [0.29, 0.717) is 31.8 Å². The van der Waals surface area contributed by atoms with Crippen molar-refractivity contribution in [2.24, 2.45) is 0 Å². The third kappa shape index (κ3) is 8.18. The number of hydrogen-bond acceptors (Lipinski definition) is 4. The topological polar surface area (TPSA) is 86.8 Å². The van der Waals surface area contributed by atoms with Crippen molar-refractivity contribution in [3.63, 3.8) is 0 Å². The molecule has 3 aromatic rings. The van der Waals surface area contributed by atoms with E-state index in [9.17, 15) is 18.0 Å². The molecule has 0 aliphatic carbocycles. The summed E-state index contributed by atoms with van der Waals surface area (Å²) in [5.41, 5.74) is 1.93. The first-order valence-corrected chi connectivity index (χ1v) is 14.2. The zero-order valence-corrected chi connectivity index (χ0v) is 23.3. The Bertz CT molecular complexity index is 1350. The second-order valence-corrected chi connectivity index (χ2v) is 11.8. The molecule has 196 valence electrons. The average Bonchev–Trinajstić information content (AvgIpc) is 2.84. The molecule has 37 heavy (non-hydrogen) atoms. The second kappa shape index (κ2) is 12.8. The summed E-state index contributed by atoms with van der Waals surface area (Å²) in [5.74, 6) is -1.00. The molecule has 3 rings (SSSR count). The largest absolute Gasteiger partial charge is 0.350 e. The van der Waals surface area contributed by atoms with Gasteiger partial charge < -0.3 is 10.2 Å². The van der Waals surface area contributed by atoms with Gasteiger partial charge in [0.25, 0.3) is 0 Å². The maximum absolute atomic E-state index is 13.6. The summed E-state index contributed by atoms with van der Waals surface area (Å²) < 4.78 is 25.0. The third-order valence-corrected chi connectivity index (χ3v) is 7.75. The summed E-state index contributed by atoms with van der Waals surface area (Å²) in [7, 11) is -2.32. The zero-order valence-electron chi connectivity index (χ0n) is 20.2. The van der Waals surface area contributed by atoms with Crippen molar-refractivity contribution in [1.29, 1.82) is 0 Å². The number of sulfonamides is 1. The number of rotatable bonds is 10. The van der Waals surface area contributed by atoms with Crippen LogP contribution in [0.2, 0.25) is 15.1 Å². The zero-order chi connectivity index (χ0) is 27.2. The monoisotopic (exact) mass is 581 g/mol. The molecule has 3 aromatic carbocycles. The average molecular weight is 583 g/mol. The molecule has 1 N–H and O–H groups in total. The van der Waals surface area contributed by atoms with Crippen LogP contribution in [0.15, 0.2) is 72.8 Å². The predicted octanol–water partition coefficient (Wildman–Crippen LogP) is 4.92. The Morgan fingerprint density at radius 1 is 0.919 bits per heavy atom. The van der Waals surface area contributed by atoms with E-state index < -0.39 is 34.4 Å². The maximum atomic E-state index is 13.6. The molecule has 0 aromatic heterocycles. The Morgan fingerprint density at radius 3 is 2.14 bits per heavy atom. The van der Waals surface area contributed by atoms with Crippen molar-refractivity contribution in [3.05, 3.63) is 105 Å². The van der Waals surface area contributed by atoms with E-state index in [1.807, 2.05) is 0 Å². The van der Waals surface area contributed by atoms with Gasteiger partial charge in [-0.05, 0) is 41.0 Å². The molecule has 0 saturated carbocycles. The molecule has 0 bridgehead atoms. The van der Waals surface area contributed by atoms with E-state index in [4.69, 9.17) is 34.8 Å². The Labute approximate surface area is 232 Å². The minimum Gasteiger partial charge on any atom is -0.350 e. The molecule has 1 atom stereocenters. The number of amides is 2. The lowest BCUT2D eigenvalue weighted by atomic mass is 10.0. The second-order valence-electron chi connectivity index (χ2n) is 8.43. The van der Waals surface area contributed by atoms with Crippen LogP contribution < -0.4 is 5.32 Å². The fraction of sp³-hybridized carbons (Fsp3) is 0.231. The number of carbonyl (C=O) groups is 2. The molecule has 0 aliphatic heterocycles. The Hall–Kier alpha value is -2.62. The van der Waals surface area contributed by atoms with Crippen LogP contribution in [0.4, 0.5) is 0 Å². The van der Waals surface area contributed by atoms with Crippen molar-refractivity contribution in [2.75, 3.05) is 19.8 Å². The fourth-order valence-electron chi connectivity index (χ4n) is 3.56. The number of carbonyl (C=O) groups excluding carboxylic acids is 2. The molecule has 11 heteroatoms. The van der Waals surface area contributed by atoms with Crippen molar-refractivity contribution >= 4 is 56.6 Å². The van der Waals surface area contributed by atoms with Crippen molar-refractivity contribution in [1.82, 2.24) is 14.5 Å². The number of nitrogens with zero attached hydrogens (tertiary/aromatic N) is 2. The number of benzene rings is 3. The van der Waals surface area contributed by atoms with Crippen LogP contribution in [0.1, 0.15) is 22.7 Å². The summed E-state index contributed by atoms with van der Waals surface area (Å²) in [6.45, 7) is -0.293. The van der Waals surface area contributed by atoms with Crippen LogP contribution in [0, 0.1) is 0 Å². The number of nitrogens with one attached hydrogen (secondary N) is 1. The molecule has 0 aliphatic rings. The highest BCUT2D eigenvalue weighted by Gasteiger charge is 2.33. The summed E-state index contributed by atoms with van der Waals surface area (Å²) in [4.78, 5) is 28.5. The minimum absolute atomic E-state index is 0.0439. The Morgan fingerprint density at radius 2 is 1.54 bits per heavy atom. The normalized spacial score (nSPS) is 12.3. The molecule has 0 saturated heterocycles. The van der Waals surface area contributed by atoms with Crippen LogP contribution in [-0.4, -0.2) is 49.3 Å². The third-order valence-electron chi connectivity index (χ3n) is 5.65. The SMILES string of the molecule is CN(CC(=O)N(Cc1ccc(Cl)cc1)[C@H](C(=O)NCc1ccc(Cl)cc1Cl)c1ccccc1)S(C)(=O)=O. The van der Waals surface area contributed by atoms with Gasteiger partial charge >= 0.3 is 0 Å². The summed E-state index contributed by atoms with van der Waals surface area (Å²) in [6, 6.07) is 19.6. The van der Waals surface area contributed by atoms with Crippen LogP contribution in [0.25, 0.3) is 0 Å². The quantitative estimate of drug-likeness (QED) is 0.368. The molecule has 0 fully saturated rings. The smallest absolute Gasteiger partial charge is 0.247 e. The lowest BCUT2D eigenvalue weighted by Crippen LogP contribution is -2.47. The van der Waals surface area contributed by atoms with Gasteiger partial charge in [0.05, 0.1) is 12.8 Å². The van der Waals surface area contributed by atoms with E-state index in [2.05, 4.69) is 5.32 Å². The van der Waals surface area contributed by atoms with Gasteiger partial charge in [-0.3, -0.25) is 9.59 Å². The van der Waals surface area contributed by atoms with Gasteiger partial charge in [-0.1, -0.05) is 83.3 Å². The number of hydrogen-bond donors (Lipinski definition) is 1. The highest BCUT2D eigenvalue weighted by Crippen LogP contribution is 2.26. The first kappa shape index (κ1) is 28.9. The fourth-order valence-corrected chi connectivity index (χ4v) is 4.51.